The molecule has 0 spiro atoms. The summed E-state index contributed by atoms with van der Waals surface area (Å²) >= 11 is 0. The van der Waals surface area contributed by atoms with Crippen molar-refractivity contribution in [3.8, 4) is 23.8 Å². The first-order chi connectivity index (χ1) is 13.2. The first-order valence-electron chi connectivity index (χ1n) is 9.55. The number of carbonyl (C=O) groups is 2. The Bertz CT molecular complexity index is 883. The van der Waals surface area contributed by atoms with Crippen molar-refractivity contribution < 1.29 is 19.8 Å². The van der Waals surface area contributed by atoms with E-state index in [1.807, 2.05) is 25.2 Å². The quantitative estimate of drug-likeness (QED) is 0.450. The summed E-state index contributed by atoms with van der Waals surface area (Å²) in [4.78, 5) is 23.3. The number of benzene rings is 1. The first kappa shape index (κ1) is 21.5. The number of phenols is 2. The smallest absolute Gasteiger partial charge is 0.154 e. The maximum atomic E-state index is 12.1. The zero-order valence-corrected chi connectivity index (χ0v) is 17.0. The standard InChI is InChI=1S/C24H28O4/c1-6-18-19(15(3)9-12-22(18)26)10-7-14(2)8-11-20-23(27)17(5)16(4)21(13-25)24(20)28/h1,7-8,10,13,15,18-19,27-28H,9,11-12H2,2-5H3/b10-7+,14-8+/t15-,18-,19?/m1/s1. The Kier molecular flexibility index (Phi) is 6.85. The van der Waals surface area contributed by atoms with Crippen molar-refractivity contribution in [1.82, 2.24) is 0 Å². The second-order valence-corrected chi connectivity index (χ2v) is 7.67. The molecule has 2 N–H and O–H groups in total. The highest BCUT2D eigenvalue weighted by molar-refractivity contribution is 5.85. The lowest BCUT2D eigenvalue weighted by Gasteiger charge is -2.30. The second kappa shape index (κ2) is 8.93. The number of terminal acetylenes is 1. The molecule has 2 rings (SSSR count). The molecule has 1 aliphatic carbocycles. The van der Waals surface area contributed by atoms with Crippen molar-refractivity contribution in [2.75, 3.05) is 0 Å². The van der Waals surface area contributed by atoms with E-state index in [4.69, 9.17) is 6.42 Å². The van der Waals surface area contributed by atoms with Crippen LogP contribution in [0.3, 0.4) is 0 Å². The molecule has 0 amide bonds. The van der Waals surface area contributed by atoms with E-state index in [1.54, 1.807) is 13.8 Å². The number of Topliss-reactive ketones (excluding diaryl/α,β-unsaturated/α-hetero) is 1. The summed E-state index contributed by atoms with van der Waals surface area (Å²) in [6.45, 7) is 7.43. The molecule has 0 aromatic heterocycles. The summed E-state index contributed by atoms with van der Waals surface area (Å²) in [7, 11) is 0. The highest BCUT2D eigenvalue weighted by Crippen LogP contribution is 2.37. The van der Waals surface area contributed by atoms with E-state index < -0.39 is 0 Å². The molecule has 148 valence electrons. The Hall–Kier alpha value is -2.80. The van der Waals surface area contributed by atoms with Crippen LogP contribution in [0, 0.1) is 43.9 Å². The van der Waals surface area contributed by atoms with E-state index in [0.29, 0.717) is 35.3 Å². The lowest BCUT2D eigenvalue weighted by molar-refractivity contribution is -0.124. The zero-order valence-electron chi connectivity index (χ0n) is 17.0. The monoisotopic (exact) mass is 380 g/mol. The first-order valence-corrected chi connectivity index (χ1v) is 9.55. The van der Waals surface area contributed by atoms with E-state index in [0.717, 1.165) is 12.0 Å². The molecule has 1 aromatic carbocycles. The zero-order chi connectivity index (χ0) is 21.0. The third kappa shape index (κ3) is 4.20. The fourth-order valence-corrected chi connectivity index (χ4v) is 3.76. The SMILES string of the molecule is C#C[C@H]1C(=O)CC[C@@H](C)C1/C=C/C(C)=C/Cc1c(O)c(C)c(C)c(C=O)c1O. The van der Waals surface area contributed by atoms with E-state index in [9.17, 15) is 19.8 Å². The summed E-state index contributed by atoms with van der Waals surface area (Å²) in [5.41, 5.74) is 2.62. The molecule has 28 heavy (non-hydrogen) atoms. The Labute approximate surface area is 167 Å². The minimum atomic E-state index is -0.379. The lowest BCUT2D eigenvalue weighted by atomic mass is 9.72. The summed E-state index contributed by atoms with van der Waals surface area (Å²) in [6, 6.07) is 0. The van der Waals surface area contributed by atoms with Gasteiger partial charge < -0.3 is 10.2 Å². The molecule has 0 heterocycles. The molecule has 4 heteroatoms. The van der Waals surface area contributed by atoms with Crippen LogP contribution in [-0.4, -0.2) is 22.3 Å². The van der Waals surface area contributed by atoms with Gasteiger partial charge in [-0.25, -0.2) is 0 Å². The van der Waals surface area contributed by atoms with Gasteiger partial charge in [0.25, 0.3) is 0 Å². The average Bonchev–Trinajstić information content (AvgIpc) is 2.67. The van der Waals surface area contributed by atoms with Gasteiger partial charge in [0.15, 0.2) is 6.29 Å². The highest BCUT2D eigenvalue weighted by Gasteiger charge is 2.33. The third-order valence-corrected chi connectivity index (χ3v) is 5.89. The average molecular weight is 380 g/mol. The fourth-order valence-electron chi connectivity index (χ4n) is 3.76. The summed E-state index contributed by atoms with van der Waals surface area (Å²) in [5.74, 6) is 2.57. The van der Waals surface area contributed by atoms with Gasteiger partial charge in [0.1, 0.15) is 17.3 Å². The van der Waals surface area contributed by atoms with Gasteiger partial charge in [0.2, 0.25) is 0 Å². The van der Waals surface area contributed by atoms with Crippen molar-refractivity contribution in [3.63, 3.8) is 0 Å². The lowest BCUT2D eigenvalue weighted by Crippen LogP contribution is -2.31. The van der Waals surface area contributed by atoms with Crippen LogP contribution in [0.2, 0.25) is 0 Å². The number of rotatable bonds is 5. The molecule has 0 saturated heterocycles. The van der Waals surface area contributed by atoms with Crippen LogP contribution in [0.1, 0.15) is 53.7 Å². The van der Waals surface area contributed by atoms with Crippen LogP contribution in [0.15, 0.2) is 23.8 Å². The Balaban J connectivity index is 2.25. The van der Waals surface area contributed by atoms with Gasteiger partial charge in [-0.15, -0.1) is 6.42 Å². The van der Waals surface area contributed by atoms with Gasteiger partial charge in [0.05, 0.1) is 11.5 Å². The molecular weight excluding hydrogens is 352 g/mol. The van der Waals surface area contributed by atoms with Crippen molar-refractivity contribution in [2.24, 2.45) is 17.8 Å². The summed E-state index contributed by atoms with van der Waals surface area (Å²) in [6.07, 6.45) is 13.6. The number of allylic oxidation sites excluding steroid dienone is 4. The van der Waals surface area contributed by atoms with Crippen molar-refractivity contribution in [3.05, 3.63) is 46.1 Å². The van der Waals surface area contributed by atoms with Gasteiger partial charge in [0, 0.05) is 17.9 Å². The highest BCUT2D eigenvalue weighted by atomic mass is 16.3. The molecule has 0 aliphatic heterocycles. The number of phenolic OH excluding ortho intramolecular Hbond substituents is 2. The molecule has 3 atom stereocenters. The van der Waals surface area contributed by atoms with Gasteiger partial charge in [-0.05, 0) is 50.7 Å². The van der Waals surface area contributed by atoms with Crippen LogP contribution in [0.4, 0.5) is 0 Å². The van der Waals surface area contributed by atoms with Crippen molar-refractivity contribution in [2.45, 2.75) is 47.0 Å². The third-order valence-electron chi connectivity index (χ3n) is 5.89. The molecule has 4 nitrogen and oxygen atoms in total. The second-order valence-electron chi connectivity index (χ2n) is 7.67. The van der Waals surface area contributed by atoms with Crippen molar-refractivity contribution in [1.29, 1.82) is 0 Å². The number of hydrogen-bond donors (Lipinski definition) is 2. The largest absolute Gasteiger partial charge is 0.507 e. The van der Waals surface area contributed by atoms with E-state index in [1.165, 1.54) is 0 Å². The number of carbonyl (C=O) groups excluding carboxylic acids is 2. The predicted octanol–water partition coefficient (Wildman–Crippen LogP) is 4.44. The fraction of sp³-hybridized carbons (Fsp3) is 0.417. The minimum Gasteiger partial charge on any atom is -0.507 e. The topological polar surface area (TPSA) is 74.6 Å². The van der Waals surface area contributed by atoms with E-state index in [2.05, 4.69) is 12.8 Å². The molecule has 1 unspecified atom stereocenters. The number of ketones is 1. The molecule has 1 aromatic rings. The van der Waals surface area contributed by atoms with E-state index in [-0.39, 0.29) is 41.1 Å². The van der Waals surface area contributed by atoms with Gasteiger partial charge in [-0.1, -0.05) is 36.6 Å². The molecule has 1 aliphatic rings. The van der Waals surface area contributed by atoms with Crippen LogP contribution in [0.5, 0.6) is 11.5 Å². The van der Waals surface area contributed by atoms with Crippen LogP contribution < -0.4 is 0 Å². The Morgan fingerprint density at radius 1 is 1.25 bits per heavy atom. The predicted molar refractivity (Wildman–Crippen MR) is 110 cm³/mol. The number of hydrogen-bond acceptors (Lipinski definition) is 4. The minimum absolute atomic E-state index is 0.00697. The van der Waals surface area contributed by atoms with Crippen LogP contribution in [-0.2, 0) is 11.2 Å². The summed E-state index contributed by atoms with van der Waals surface area (Å²) in [5, 5.41) is 20.7. The van der Waals surface area contributed by atoms with E-state index >= 15 is 0 Å². The maximum absolute atomic E-state index is 12.1. The maximum Gasteiger partial charge on any atom is 0.154 e. The van der Waals surface area contributed by atoms with Crippen LogP contribution >= 0.6 is 0 Å². The normalized spacial score (nSPS) is 23.0. The van der Waals surface area contributed by atoms with Crippen LogP contribution in [0.25, 0.3) is 0 Å². The van der Waals surface area contributed by atoms with Gasteiger partial charge in [-0.2, -0.15) is 0 Å². The Morgan fingerprint density at radius 3 is 2.54 bits per heavy atom. The van der Waals surface area contributed by atoms with Gasteiger partial charge >= 0.3 is 0 Å². The Morgan fingerprint density at radius 2 is 1.93 bits per heavy atom. The molecular formula is C24H28O4. The molecule has 0 bridgehead atoms. The number of aldehydes is 1. The van der Waals surface area contributed by atoms with Gasteiger partial charge in [-0.3, -0.25) is 9.59 Å². The molecule has 1 fully saturated rings. The number of aromatic hydroxyl groups is 2. The molecule has 0 radical (unpaired) electrons. The summed E-state index contributed by atoms with van der Waals surface area (Å²) < 4.78 is 0. The molecule has 1 saturated carbocycles. The van der Waals surface area contributed by atoms with Crippen molar-refractivity contribution >= 4 is 12.1 Å².